The Labute approximate surface area is 111 Å². The van der Waals surface area contributed by atoms with E-state index >= 15 is 0 Å². The lowest BCUT2D eigenvalue weighted by atomic mass is 10.4. The molecule has 0 bridgehead atoms. The van der Waals surface area contributed by atoms with Crippen LogP contribution in [0.2, 0.25) is 0 Å². The van der Waals surface area contributed by atoms with Crippen LogP contribution in [-0.4, -0.2) is 70.5 Å². The zero-order valence-electron chi connectivity index (χ0n) is 12.1. The quantitative estimate of drug-likeness (QED) is 0.578. The molecule has 18 heavy (non-hydrogen) atoms. The Bertz CT molecular complexity index is 309. The van der Waals surface area contributed by atoms with Gasteiger partial charge in [-0.1, -0.05) is 6.92 Å². The van der Waals surface area contributed by atoms with E-state index in [1.165, 1.54) is 8.61 Å². The molecule has 0 saturated heterocycles. The number of likely N-dealkylation sites (N-methyl/N-ethyl adjacent to an activating group) is 1. The number of ether oxygens (including phenoxy) is 1. The van der Waals surface area contributed by atoms with Crippen LogP contribution in [0.5, 0.6) is 0 Å². The van der Waals surface area contributed by atoms with E-state index in [2.05, 4.69) is 5.32 Å². The maximum Gasteiger partial charge on any atom is 0.281 e. The molecule has 1 unspecified atom stereocenters. The molecule has 0 aromatic carbocycles. The third kappa shape index (κ3) is 5.62. The first-order chi connectivity index (χ1) is 8.37. The smallest absolute Gasteiger partial charge is 0.281 e. The topological polar surface area (TPSA) is 61.9 Å². The zero-order valence-corrected chi connectivity index (χ0v) is 13.0. The van der Waals surface area contributed by atoms with E-state index in [9.17, 15) is 8.42 Å². The lowest BCUT2D eigenvalue weighted by Crippen LogP contribution is -2.46. The molecule has 1 atom stereocenters. The van der Waals surface area contributed by atoms with E-state index in [0.29, 0.717) is 13.2 Å². The third-order valence-corrected chi connectivity index (χ3v) is 4.92. The minimum atomic E-state index is -3.39. The number of rotatable bonds is 10. The highest BCUT2D eigenvalue weighted by Crippen LogP contribution is 2.09. The van der Waals surface area contributed by atoms with Crippen molar-refractivity contribution < 1.29 is 13.2 Å². The molecule has 0 heterocycles. The van der Waals surface area contributed by atoms with E-state index in [1.807, 2.05) is 13.8 Å². The normalized spacial score (nSPS) is 14.4. The van der Waals surface area contributed by atoms with Crippen molar-refractivity contribution in [2.75, 3.05) is 47.4 Å². The second-order valence-corrected chi connectivity index (χ2v) is 6.45. The van der Waals surface area contributed by atoms with Crippen molar-refractivity contribution in [3.8, 4) is 0 Å². The third-order valence-electron chi connectivity index (χ3n) is 2.86. The van der Waals surface area contributed by atoms with E-state index in [-0.39, 0.29) is 6.04 Å². The van der Waals surface area contributed by atoms with Gasteiger partial charge in [-0.2, -0.15) is 17.0 Å². The van der Waals surface area contributed by atoms with Gasteiger partial charge in [0.15, 0.2) is 0 Å². The maximum atomic E-state index is 12.2. The van der Waals surface area contributed by atoms with Crippen LogP contribution in [-0.2, 0) is 14.9 Å². The highest BCUT2D eigenvalue weighted by atomic mass is 32.2. The number of nitrogens with zero attached hydrogens (tertiary/aromatic N) is 2. The first kappa shape index (κ1) is 17.8. The van der Waals surface area contributed by atoms with Gasteiger partial charge in [0, 0.05) is 33.8 Å². The summed E-state index contributed by atoms with van der Waals surface area (Å²) < 4.78 is 32.1. The number of hydrogen-bond acceptors (Lipinski definition) is 4. The molecule has 1 N–H and O–H groups in total. The molecule has 0 spiro atoms. The van der Waals surface area contributed by atoms with Crippen molar-refractivity contribution in [3.05, 3.63) is 0 Å². The fourth-order valence-electron chi connectivity index (χ4n) is 1.51. The lowest BCUT2D eigenvalue weighted by molar-refractivity contribution is 0.146. The van der Waals surface area contributed by atoms with Crippen LogP contribution in [0.25, 0.3) is 0 Å². The highest BCUT2D eigenvalue weighted by Gasteiger charge is 2.27. The molecular formula is C11H27N3O3S. The molecule has 0 radical (unpaired) electrons. The monoisotopic (exact) mass is 281 g/mol. The predicted octanol–water partition coefficient (Wildman–Crippen LogP) is 0.129. The summed E-state index contributed by atoms with van der Waals surface area (Å²) in [5.74, 6) is 0. The minimum Gasteiger partial charge on any atom is -0.383 e. The zero-order chi connectivity index (χ0) is 14.2. The Hall–Kier alpha value is -0.210. The number of hydrogen-bond donors (Lipinski definition) is 1. The van der Waals surface area contributed by atoms with Crippen molar-refractivity contribution in [1.29, 1.82) is 0 Å². The molecule has 0 aliphatic heterocycles. The summed E-state index contributed by atoms with van der Waals surface area (Å²) in [4.78, 5) is 0. The van der Waals surface area contributed by atoms with E-state index < -0.39 is 10.2 Å². The van der Waals surface area contributed by atoms with E-state index in [4.69, 9.17) is 4.74 Å². The van der Waals surface area contributed by atoms with Crippen LogP contribution >= 0.6 is 0 Å². The molecular weight excluding hydrogens is 254 g/mol. The Morgan fingerprint density at radius 2 is 1.94 bits per heavy atom. The maximum absolute atomic E-state index is 12.2. The van der Waals surface area contributed by atoms with Crippen LogP contribution in [0, 0.1) is 0 Å². The van der Waals surface area contributed by atoms with Crippen LogP contribution < -0.4 is 5.32 Å². The molecule has 0 fully saturated rings. The largest absolute Gasteiger partial charge is 0.383 e. The second-order valence-electron chi connectivity index (χ2n) is 4.36. The number of methoxy groups -OCH3 is 1. The molecule has 6 nitrogen and oxygen atoms in total. The molecule has 110 valence electrons. The van der Waals surface area contributed by atoms with Crippen LogP contribution in [0.3, 0.4) is 0 Å². The Balaban J connectivity index is 4.33. The van der Waals surface area contributed by atoms with Crippen LogP contribution in [0.15, 0.2) is 0 Å². The Morgan fingerprint density at radius 1 is 1.33 bits per heavy atom. The Kier molecular flexibility index (Phi) is 8.71. The molecule has 0 aromatic heterocycles. The molecule has 0 aliphatic carbocycles. The first-order valence-electron chi connectivity index (χ1n) is 6.26. The van der Waals surface area contributed by atoms with Gasteiger partial charge in [-0.3, -0.25) is 0 Å². The fraction of sp³-hybridized carbons (Fsp3) is 1.00. The summed E-state index contributed by atoms with van der Waals surface area (Å²) in [6.07, 6.45) is 0.802. The van der Waals surface area contributed by atoms with Crippen molar-refractivity contribution in [2.24, 2.45) is 0 Å². The standard InChI is InChI=1S/C11H27N3O3S/c1-6-12-8-7-9-13(3)18(15,16)14(4)11(2)10-17-5/h11-12H,6-10H2,1-5H3. The van der Waals surface area contributed by atoms with Gasteiger partial charge in [-0.25, -0.2) is 0 Å². The summed E-state index contributed by atoms with van der Waals surface area (Å²) in [6, 6.07) is -0.170. The van der Waals surface area contributed by atoms with Gasteiger partial charge in [0.05, 0.1) is 6.61 Å². The lowest BCUT2D eigenvalue weighted by Gasteiger charge is -2.28. The van der Waals surface area contributed by atoms with E-state index in [0.717, 1.165) is 19.5 Å². The van der Waals surface area contributed by atoms with Gasteiger partial charge in [-0.05, 0) is 26.4 Å². The average molecular weight is 281 g/mol. The minimum absolute atomic E-state index is 0.170. The van der Waals surface area contributed by atoms with Gasteiger partial charge < -0.3 is 10.1 Å². The first-order valence-corrected chi connectivity index (χ1v) is 7.66. The van der Waals surface area contributed by atoms with Gasteiger partial charge in [0.2, 0.25) is 0 Å². The highest BCUT2D eigenvalue weighted by molar-refractivity contribution is 7.86. The Morgan fingerprint density at radius 3 is 2.44 bits per heavy atom. The summed E-state index contributed by atoms with van der Waals surface area (Å²) >= 11 is 0. The van der Waals surface area contributed by atoms with E-state index in [1.54, 1.807) is 21.2 Å². The van der Waals surface area contributed by atoms with Crippen molar-refractivity contribution in [3.63, 3.8) is 0 Å². The molecule has 0 saturated carbocycles. The molecule has 7 heteroatoms. The van der Waals surface area contributed by atoms with Gasteiger partial charge in [0.1, 0.15) is 0 Å². The SMILES string of the molecule is CCNCCCN(C)S(=O)(=O)N(C)C(C)COC. The van der Waals surface area contributed by atoms with Gasteiger partial charge in [-0.15, -0.1) is 0 Å². The molecule has 0 aliphatic rings. The van der Waals surface area contributed by atoms with Crippen LogP contribution in [0.4, 0.5) is 0 Å². The summed E-state index contributed by atoms with van der Waals surface area (Å²) in [7, 11) is 1.37. The van der Waals surface area contributed by atoms with Gasteiger partial charge in [0.25, 0.3) is 10.2 Å². The molecule has 0 amide bonds. The average Bonchev–Trinajstić information content (AvgIpc) is 2.33. The van der Waals surface area contributed by atoms with Gasteiger partial charge >= 0.3 is 0 Å². The fourth-order valence-corrected chi connectivity index (χ4v) is 2.83. The van der Waals surface area contributed by atoms with Crippen molar-refractivity contribution in [1.82, 2.24) is 13.9 Å². The molecule has 0 rings (SSSR count). The summed E-state index contributed by atoms with van der Waals surface area (Å²) in [5.41, 5.74) is 0. The predicted molar refractivity (Wildman–Crippen MR) is 73.8 cm³/mol. The van der Waals surface area contributed by atoms with Crippen molar-refractivity contribution >= 4 is 10.2 Å². The summed E-state index contributed by atoms with van der Waals surface area (Å²) in [5, 5.41) is 3.17. The second kappa shape index (κ2) is 8.82. The van der Waals surface area contributed by atoms with Crippen molar-refractivity contribution in [2.45, 2.75) is 26.3 Å². The van der Waals surface area contributed by atoms with Crippen LogP contribution in [0.1, 0.15) is 20.3 Å². The number of nitrogens with one attached hydrogen (secondary N) is 1. The summed E-state index contributed by atoms with van der Waals surface area (Å²) in [6.45, 7) is 6.49. The molecule has 0 aromatic rings.